The maximum absolute atomic E-state index is 12.5. The number of alkyl halides is 1. The van der Waals surface area contributed by atoms with Crippen LogP contribution in [0.25, 0.3) is 0 Å². The van der Waals surface area contributed by atoms with Crippen LogP contribution in [0.1, 0.15) is 50.5 Å². The molecule has 0 heterocycles. The number of nitriles is 1. The average Bonchev–Trinajstić information content (AvgIpc) is 2.44. The molecule has 4 aliphatic rings. The normalized spacial score (nSPS) is 37.4. The SMILES string of the molecule is N#Cc1ccc(OC(=O)CC23CC4CC(CC(Br)(C4)C2)C3)cc1. The largest absolute Gasteiger partial charge is 0.427 e. The molecule has 4 heteroatoms. The van der Waals surface area contributed by atoms with Crippen LogP contribution in [0, 0.1) is 28.6 Å². The van der Waals surface area contributed by atoms with Crippen molar-refractivity contribution in [3.8, 4) is 11.8 Å². The highest BCUT2D eigenvalue weighted by Gasteiger charge is 2.57. The second-order valence-corrected chi connectivity index (χ2v) is 9.58. The zero-order valence-electron chi connectivity index (χ0n) is 13.1. The van der Waals surface area contributed by atoms with Crippen LogP contribution < -0.4 is 4.74 Å². The molecule has 0 amide bonds. The van der Waals surface area contributed by atoms with E-state index in [1.54, 1.807) is 24.3 Å². The lowest BCUT2D eigenvalue weighted by atomic mass is 9.49. The summed E-state index contributed by atoms with van der Waals surface area (Å²) in [6.45, 7) is 0. The Morgan fingerprint density at radius 3 is 2.43 bits per heavy atom. The Morgan fingerprint density at radius 1 is 1.22 bits per heavy atom. The molecule has 4 bridgehead atoms. The maximum atomic E-state index is 12.5. The number of hydrogen-bond acceptors (Lipinski definition) is 3. The summed E-state index contributed by atoms with van der Waals surface area (Å²) >= 11 is 3.98. The van der Waals surface area contributed by atoms with E-state index in [2.05, 4.69) is 22.0 Å². The van der Waals surface area contributed by atoms with Crippen molar-refractivity contribution < 1.29 is 9.53 Å². The van der Waals surface area contributed by atoms with Crippen molar-refractivity contribution >= 4 is 21.9 Å². The van der Waals surface area contributed by atoms with Gasteiger partial charge in [-0.3, -0.25) is 4.79 Å². The van der Waals surface area contributed by atoms with Crippen molar-refractivity contribution in [2.75, 3.05) is 0 Å². The van der Waals surface area contributed by atoms with Crippen LogP contribution in [0.3, 0.4) is 0 Å². The summed E-state index contributed by atoms with van der Waals surface area (Å²) in [6, 6.07) is 8.82. The minimum atomic E-state index is -0.132. The van der Waals surface area contributed by atoms with E-state index in [0.717, 1.165) is 18.3 Å². The van der Waals surface area contributed by atoms with E-state index in [0.29, 0.717) is 17.7 Å². The van der Waals surface area contributed by atoms with Crippen LogP contribution in [0.4, 0.5) is 0 Å². The van der Waals surface area contributed by atoms with Crippen molar-refractivity contribution in [2.45, 2.75) is 49.3 Å². The van der Waals surface area contributed by atoms with Gasteiger partial charge in [-0.05, 0) is 80.0 Å². The van der Waals surface area contributed by atoms with Crippen LogP contribution in [0.15, 0.2) is 24.3 Å². The van der Waals surface area contributed by atoms with Gasteiger partial charge in [0, 0.05) is 4.32 Å². The molecule has 0 aliphatic heterocycles. The van der Waals surface area contributed by atoms with Crippen molar-refractivity contribution in [3.63, 3.8) is 0 Å². The molecule has 5 rings (SSSR count). The van der Waals surface area contributed by atoms with Gasteiger partial charge in [0.2, 0.25) is 0 Å². The topological polar surface area (TPSA) is 50.1 Å². The molecule has 4 saturated carbocycles. The van der Waals surface area contributed by atoms with Gasteiger partial charge in [0.25, 0.3) is 0 Å². The van der Waals surface area contributed by atoms with Crippen LogP contribution in [-0.2, 0) is 4.79 Å². The molecule has 0 aromatic heterocycles. The van der Waals surface area contributed by atoms with Gasteiger partial charge < -0.3 is 4.74 Å². The number of nitrogens with zero attached hydrogens (tertiary/aromatic N) is 1. The van der Waals surface area contributed by atoms with E-state index in [4.69, 9.17) is 10.00 Å². The summed E-state index contributed by atoms with van der Waals surface area (Å²) in [7, 11) is 0. The molecular weight excluding hydrogens is 354 g/mol. The number of ether oxygens (including phenoxy) is 1. The summed E-state index contributed by atoms with van der Waals surface area (Å²) in [5, 5.41) is 8.81. The van der Waals surface area contributed by atoms with Gasteiger partial charge in [-0.1, -0.05) is 15.9 Å². The van der Waals surface area contributed by atoms with Gasteiger partial charge in [-0.15, -0.1) is 0 Å². The maximum Gasteiger partial charge on any atom is 0.311 e. The van der Waals surface area contributed by atoms with Crippen LogP contribution in [0.5, 0.6) is 5.75 Å². The van der Waals surface area contributed by atoms with Crippen LogP contribution >= 0.6 is 15.9 Å². The molecule has 0 N–H and O–H groups in total. The average molecular weight is 374 g/mol. The van der Waals surface area contributed by atoms with E-state index in [9.17, 15) is 4.79 Å². The van der Waals surface area contributed by atoms with E-state index in [1.165, 1.54) is 32.1 Å². The summed E-state index contributed by atoms with van der Waals surface area (Å²) in [6.07, 6.45) is 7.88. The second kappa shape index (κ2) is 5.34. The predicted octanol–water partition coefficient (Wildman–Crippen LogP) is 4.59. The number of carbonyl (C=O) groups is 1. The highest BCUT2D eigenvalue weighted by Crippen LogP contribution is 2.65. The predicted molar refractivity (Wildman–Crippen MR) is 90.2 cm³/mol. The van der Waals surface area contributed by atoms with Gasteiger partial charge in [0.05, 0.1) is 18.1 Å². The van der Waals surface area contributed by atoms with E-state index in [-0.39, 0.29) is 15.7 Å². The highest BCUT2D eigenvalue weighted by molar-refractivity contribution is 9.10. The number of hydrogen-bond donors (Lipinski definition) is 0. The third-order valence-corrected chi connectivity index (χ3v) is 6.77. The van der Waals surface area contributed by atoms with Crippen LogP contribution in [0.2, 0.25) is 0 Å². The highest BCUT2D eigenvalue weighted by atomic mass is 79.9. The Balaban J connectivity index is 1.45. The molecule has 0 spiro atoms. The number of halogens is 1. The molecule has 1 aromatic rings. The lowest BCUT2D eigenvalue weighted by Crippen LogP contribution is -2.53. The number of rotatable bonds is 3. The molecule has 0 radical (unpaired) electrons. The molecule has 2 unspecified atom stereocenters. The molecule has 4 aliphatic carbocycles. The van der Waals surface area contributed by atoms with Crippen molar-refractivity contribution in [1.29, 1.82) is 5.26 Å². The third kappa shape index (κ3) is 2.92. The van der Waals surface area contributed by atoms with Crippen LogP contribution in [-0.4, -0.2) is 10.3 Å². The first-order valence-corrected chi connectivity index (χ1v) is 9.17. The Bertz CT molecular complexity index is 662. The molecule has 2 atom stereocenters. The molecule has 120 valence electrons. The summed E-state index contributed by atoms with van der Waals surface area (Å²) < 4.78 is 5.79. The fraction of sp³-hybridized carbons (Fsp3) is 0.579. The van der Waals surface area contributed by atoms with Crippen molar-refractivity contribution in [3.05, 3.63) is 29.8 Å². The monoisotopic (exact) mass is 373 g/mol. The molecule has 0 saturated heterocycles. The first-order chi connectivity index (χ1) is 11.0. The molecule has 1 aromatic carbocycles. The standard InChI is InChI=1S/C19H20BrNO2/c20-19-8-14-5-15(9-19)7-18(6-14,12-19)10-17(22)23-16-3-1-13(11-21)2-4-16/h1-4,14-15H,5-10,12H2. The van der Waals surface area contributed by atoms with Gasteiger partial charge in [0.15, 0.2) is 0 Å². The first kappa shape index (κ1) is 15.2. The Labute approximate surface area is 145 Å². The smallest absolute Gasteiger partial charge is 0.311 e. The Morgan fingerprint density at radius 2 is 1.87 bits per heavy atom. The number of carbonyl (C=O) groups excluding carboxylic acids is 1. The minimum absolute atomic E-state index is 0.132. The lowest BCUT2D eigenvalue weighted by Gasteiger charge is -2.60. The number of benzene rings is 1. The van der Waals surface area contributed by atoms with Gasteiger partial charge in [0.1, 0.15) is 5.75 Å². The summed E-state index contributed by atoms with van der Waals surface area (Å²) in [5.41, 5.74) is 0.712. The van der Waals surface area contributed by atoms with E-state index < -0.39 is 0 Å². The van der Waals surface area contributed by atoms with Crippen molar-refractivity contribution in [2.24, 2.45) is 17.3 Å². The van der Waals surface area contributed by atoms with Gasteiger partial charge in [-0.25, -0.2) is 0 Å². The van der Waals surface area contributed by atoms with Gasteiger partial charge >= 0.3 is 5.97 Å². The third-order valence-electron chi connectivity index (χ3n) is 5.85. The molecular formula is C19H20BrNO2. The van der Waals surface area contributed by atoms with E-state index in [1.807, 2.05) is 0 Å². The molecule has 4 fully saturated rings. The lowest BCUT2D eigenvalue weighted by molar-refractivity contribution is -0.141. The first-order valence-electron chi connectivity index (χ1n) is 8.37. The minimum Gasteiger partial charge on any atom is -0.427 e. The fourth-order valence-corrected chi connectivity index (χ4v) is 7.12. The fourth-order valence-electron chi connectivity index (χ4n) is 5.61. The quantitative estimate of drug-likeness (QED) is 0.442. The summed E-state index contributed by atoms with van der Waals surface area (Å²) in [5.74, 6) is 1.96. The van der Waals surface area contributed by atoms with Gasteiger partial charge in [-0.2, -0.15) is 5.26 Å². The molecule has 3 nitrogen and oxygen atoms in total. The number of esters is 1. The second-order valence-electron chi connectivity index (χ2n) is 7.90. The Hall–Kier alpha value is -1.34. The zero-order chi connectivity index (χ0) is 16.1. The molecule has 23 heavy (non-hydrogen) atoms. The summed E-state index contributed by atoms with van der Waals surface area (Å²) in [4.78, 5) is 12.5. The Kier molecular flexibility index (Phi) is 3.53. The van der Waals surface area contributed by atoms with Crippen molar-refractivity contribution in [1.82, 2.24) is 0 Å². The zero-order valence-corrected chi connectivity index (χ0v) is 14.6. The van der Waals surface area contributed by atoms with E-state index >= 15 is 0 Å².